The number of nitrogen functional groups attached to an aromatic ring is 1. The molecule has 108 valence electrons. The molecular formula is C13H9Cl2N3O3. The van der Waals surface area contributed by atoms with Gasteiger partial charge in [-0.2, -0.15) is 0 Å². The second-order valence-corrected chi connectivity index (χ2v) is 4.90. The van der Waals surface area contributed by atoms with Crippen molar-refractivity contribution in [3.8, 4) is 0 Å². The molecule has 6 nitrogen and oxygen atoms in total. The number of nitro benzene ring substituents is 1. The van der Waals surface area contributed by atoms with Gasteiger partial charge in [-0.15, -0.1) is 0 Å². The van der Waals surface area contributed by atoms with Crippen LogP contribution in [0, 0.1) is 10.1 Å². The maximum Gasteiger partial charge on any atom is 0.282 e. The molecule has 0 aliphatic carbocycles. The van der Waals surface area contributed by atoms with Crippen LogP contribution in [-0.4, -0.2) is 10.8 Å². The number of anilines is 2. The summed E-state index contributed by atoms with van der Waals surface area (Å²) in [5.41, 5.74) is 5.73. The molecule has 0 atom stereocenters. The van der Waals surface area contributed by atoms with E-state index in [9.17, 15) is 14.9 Å². The number of halogens is 2. The first kappa shape index (κ1) is 15.1. The summed E-state index contributed by atoms with van der Waals surface area (Å²) in [5.74, 6) is -0.640. The van der Waals surface area contributed by atoms with Gasteiger partial charge in [0.05, 0.1) is 20.7 Å². The van der Waals surface area contributed by atoms with Gasteiger partial charge in [-0.05, 0) is 18.2 Å². The molecule has 0 heterocycles. The maximum absolute atomic E-state index is 12.1. The van der Waals surface area contributed by atoms with E-state index in [4.69, 9.17) is 28.9 Å². The molecule has 0 radical (unpaired) electrons. The van der Waals surface area contributed by atoms with Crippen LogP contribution in [0.25, 0.3) is 0 Å². The molecule has 2 aromatic carbocycles. The Bertz CT molecular complexity index is 711. The zero-order valence-electron chi connectivity index (χ0n) is 10.5. The normalized spacial score (nSPS) is 10.2. The molecule has 0 saturated carbocycles. The van der Waals surface area contributed by atoms with Gasteiger partial charge in [-0.1, -0.05) is 35.3 Å². The number of rotatable bonds is 3. The SMILES string of the molecule is Nc1c(Cl)cc(NC(=O)c2ccccc2[N+](=O)[O-])cc1Cl. The van der Waals surface area contributed by atoms with Gasteiger partial charge in [0.1, 0.15) is 5.56 Å². The summed E-state index contributed by atoms with van der Waals surface area (Å²) in [4.78, 5) is 22.4. The van der Waals surface area contributed by atoms with Crippen LogP contribution in [0.4, 0.5) is 17.1 Å². The van der Waals surface area contributed by atoms with Gasteiger partial charge in [-0.25, -0.2) is 0 Å². The quantitative estimate of drug-likeness (QED) is 0.510. The molecule has 0 aromatic heterocycles. The van der Waals surface area contributed by atoms with Gasteiger partial charge >= 0.3 is 0 Å². The van der Waals surface area contributed by atoms with E-state index in [-0.39, 0.29) is 27.0 Å². The zero-order chi connectivity index (χ0) is 15.6. The van der Waals surface area contributed by atoms with E-state index in [0.717, 1.165) is 0 Å². The minimum absolute atomic E-state index is 0.0634. The molecule has 0 spiro atoms. The lowest BCUT2D eigenvalue weighted by molar-refractivity contribution is -0.385. The molecule has 2 aromatic rings. The molecule has 0 saturated heterocycles. The number of hydrogen-bond acceptors (Lipinski definition) is 4. The van der Waals surface area contributed by atoms with E-state index < -0.39 is 10.8 Å². The van der Waals surface area contributed by atoms with Crippen molar-refractivity contribution in [1.29, 1.82) is 0 Å². The van der Waals surface area contributed by atoms with Crippen LogP contribution in [0.5, 0.6) is 0 Å². The van der Waals surface area contributed by atoms with Crippen molar-refractivity contribution in [1.82, 2.24) is 0 Å². The Morgan fingerprint density at radius 2 is 1.76 bits per heavy atom. The Hall–Kier alpha value is -2.31. The molecule has 1 amide bonds. The second-order valence-electron chi connectivity index (χ2n) is 4.08. The molecule has 0 bridgehead atoms. The lowest BCUT2D eigenvalue weighted by Crippen LogP contribution is -2.14. The maximum atomic E-state index is 12.1. The third-order valence-electron chi connectivity index (χ3n) is 2.68. The van der Waals surface area contributed by atoms with Crippen molar-refractivity contribution >= 4 is 46.2 Å². The molecule has 3 N–H and O–H groups in total. The highest BCUT2D eigenvalue weighted by atomic mass is 35.5. The van der Waals surface area contributed by atoms with E-state index in [1.807, 2.05) is 0 Å². The lowest BCUT2D eigenvalue weighted by atomic mass is 10.1. The Kier molecular flexibility index (Phi) is 4.30. The largest absolute Gasteiger partial charge is 0.396 e. The van der Waals surface area contributed by atoms with Crippen LogP contribution < -0.4 is 11.1 Å². The summed E-state index contributed by atoms with van der Waals surface area (Å²) >= 11 is 11.7. The highest BCUT2D eigenvalue weighted by molar-refractivity contribution is 6.39. The smallest absolute Gasteiger partial charge is 0.282 e. The molecule has 0 aliphatic heterocycles. The number of nitrogens with two attached hydrogens (primary N) is 1. The van der Waals surface area contributed by atoms with E-state index >= 15 is 0 Å². The van der Waals surface area contributed by atoms with Crippen LogP contribution in [0.15, 0.2) is 36.4 Å². The zero-order valence-corrected chi connectivity index (χ0v) is 12.0. The monoisotopic (exact) mass is 325 g/mol. The highest BCUT2D eigenvalue weighted by Gasteiger charge is 2.19. The van der Waals surface area contributed by atoms with Gasteiger partial charge < -0.3 is 11.1 Å². The summed E-state index contributed by atoms with van der Waals surface area (Å²) in [6.07, 6.45) is 0. The minimum Gasteiger partial charge on any atom is -0.396 e. The van der Waals surface area contributed by atoms with Crippen molar-refractivity contribution in [2.24, 2.45) is 0 Å². The number of amides is 1. The summed E-state index contributed by atoms with van der Waals surface area (Å²) in [5, 5.41) is 13.8. The van der Waals surface area contributed by atoms with Crippen molar-refractivity contribution in [2.45, 2.75) is 0 Å². The van der Waals surface area contributed by atoms with Crippen LogP contribution in [0.2, 0.25) is 10.0 Å². The number of carbonyl (C=O) groups excluding carboxylic acids is 1. The first-order chi connectivity index (χ1) is 9.90. The first-order valence-electron chi connectivity index (χ1n) is 5.69. The average Bonchev–Trinajstić information content (AvgIpc) is 2.44. The third-order valence-corrected chi connectivity index (χ3v) is 3.31. The predicted molar refractivity (Wildman–Crippen MR) is 81.9 cm³/mol. The number of nitrogens with zero attached hydrogens (tertiary/aromatic N) is 1. The second kappa shape index (κ2) is 5.99. The summed E-state index contributed by atoms with van der Waals surface area (Å²) in [6.45, 7) is 0. The fraction of sp³-hybridized carbons (Fsp3) is 0. The predicted octanol–water partition coefficient (Wildman–Crippen LogP) is 3.74. The molecular weight excluding hydrogens is 317 g/mol. The molecule has 0 unspecified atom stereocenters. The van der Waals surface area contributed by atoms with E-state index in [2.05, 4.69) is 5.32 Å². The topological polar surface area (TPSA) is 98.3 Å². The fourth-order valence-corrected chi connectivity index (χ4v) is 2.17. The lowest BCUT2D eigenvalue weighted by Gasteiger charge is -2.08. The van der Waals surface area contributed by atoms with Gasteiger partial charge in [0, 0.05) is 11.8 Å². The Morgan fingerprint density at radius 3 is 2.33 bits per heavy atom. The van der Waals surface area contributed by atoms with Gasteiger partial charge in [0.25, 0.3) is 11.6 Å². The highest BCUT2D eigenvalue weighted by Crippen LogP contribution is 2.31. The van der Waals surface area contributed by atoms with Crippen molar-refractivity contribution in [3.05, 3.63) is 62.1 Å². The molecule has 0 aliphatic rings. The van der Waals surface area contributed by atoms with Crippen LogP contribution in [0.3, 0.4) is 0 Å². The van der Waals surface area contributed by atoms with E-state index in [0.29, 0.717) is 5.69 Å². The van der Waals surface area contributed by atoms with Crippen molar-refractivity contribution in [2.75, 3.05) is 11.1 Å². The molecule has 2 rings (SSSR count). The number of nitro groups is 1. The summed E-state index contributed by atoms with van der Waals surface area (Å²) in [6, 6.07) is 8.44. The Morgan fingerprint density at radius 1 is 1.19 bits per heavy atom. The third kappa shape index (κ3) is 3.24. The van der Waals surface area contributed by atoms with Crippen molar-refractivity contribution < 1.29 is 9.72 Å². The van der Waals surface area contributed by atoms with Gasteiger partial charge in [0.15, 0.2) is 0 Å². The minimum atomic E-state index is -0.640. The van der Waals surface area contributed by atoms with E-state index in [1.54, 1.807) is 0 Å². The molecule has 8 heteroatoms. The average molecular weight is 326 g/mol. The molecule has 21 heavy (non-hydrogen) atoms. The number of nitrogens with one attached hydrogen (secondary N) is 1. The van der Waals surface area contributed by atoms with Crippen LogP contribution in [-0.2, 0) is 0 Å². The van der Waals surface area contributed by atoms with Crippen molar-refractivity contribution in [3.63, 3.8) is 0 Å². The molecule has 0 fully saturated rings. The van der Waals surface area contributed by atoms with Gasteiger partial charge in [0.2, 0.25) is 0 Å². The standard InChI is InChI=1S/C13H9Cl2N3O3/c14-9-5-7(6-10(15)12(9)16)17-13(19)8-3-1-2-4-11(8)18(20)21/h1-6H,16H2,(H,17,19). The van der Waals surface area contributed by atoms with Crippen LogP contribution >= 0.6 is 23.2 Å². The van der Waals surface area contributed by atoms with E-state index in [1.165, 1.54) is 36.4 Å². The number of carbonyl (C=O) groups is 1. The van der Waals surface area contributed by atoms with Crippen LogP contribution in [0.1, 0.15) is 10.4 Å². The first-order valence-corrected chi connectivity index (χ1v) is 6.45. The summed E-state index contributed by atoms with van der Waals surface area (Å²) < 4.78 is 0. The summed E-state index contributed by atoms with van der Waals surface area (Å²) in [7, 11) is 0. The number of para-hydroxylation sites is 1. The number of benzene rings is 2. The Labute approximate surface area is 129 Å². The Balaban J connectivity index is 2.33. The van der Waals surface area contributed by atoms with Gasteiger partial charge in [-0.3, -0.25) is 14.9 Å². The number of hydrogen-bond donors (Lipinski definition) is 2. The fourth-order valence-electron chi connectivity index (χ4n) is 1.68.